The van der Waals surface area contributed by atoms with Gasteiger partial charge >= 0.3 is 0 Å². The van der Waals surface area contributed by atoms with Gasteiger partial charge in [0.05, 0.1) is 5.39 Å². The van der Waals surface area contributed by atoms with Crippen LogP contribution < -0.4 is 10.2 Å². The van der Waals surface area contributed by atoms with E-state index in [-0.39, 0.29) is 0 Å². The fraction of sp³-hybridized carbons (Fsp3) is 0.625. The summed E-state index contributed by atoms with van der Waals surface area (Å²) in [5.41, 5.74) is 0. The molecule has 1 N–H and O–H groups in total. The molecule has 0 bridgehead atoms. The lowest BCUT2D eigenvalue weighted by Crippen LogP contribution is -2.32. The first-order chi connectivity index (χ1) is 9.90. The summed E-state index contributed by atoms with van der Waals surface area (Å²) in [5, 5.41) is 4.27. The fourth-order valence-electron chi connectivity index (χ4n) is 2.51. The maximum atomic E-state index is 4.75. The predicted molar refractivity (Wildman–Crippen MR) is 93.6 cm³/mol. The van der Waals surface area contributed by atoms with E-state index in [2.05, 4.69) is 55.9 Å². The van der Waals surface area contributed by atoms with E-state index >= 15 is 0 Å². The molecule has 2 aromatic rings. The van der Waals surface area contributed by atoms with Crippen LogP contribution in [0.5, 0.6) is 0 Å². The van der Waals surface area contributed by atoms with Crippen molar-refractivity contribution >= 4 is 33.3 Å². The lowest BCUT2D eigenvalue weighted by Gasteiger charge is -2.28. The van der Waals surface area contributed by atoms with E-state index in [9.17, 15) is 0 Å². The van der Waals surface area contributed by atoms with Crippen LogP contribution in [0.3, 0.4) is 0 Å². The Kier molecular flexibility index (Phi) is 5.04. The van der Waals surface area contributed by atoms with E-state index in [1.807, 2.05) is 7.05 Å². The normalized spacial score (nSPS) is 11.6. The third kappa shape index (κ3) is 3.84. The van der Waals surface area contributed by atoms with Crippen LogP contribution in [0.4, 0.5) is 11.8 Å². The minimum absolute atomic E-state index is 0.603. The van der Waals surface area contributed by atoms with Crippen LogP contribution in [0.1, 0.15) is 32.6 Å². The van der Waals surface area contributed by atoms with Crippen molar-refractivity contribution in [2.75, 3.05) is 30.4 Å². The molecule has 0 saturated carbocycles. The van der Waals surface area contributed by atoms with E-state index in [4.69, 9.17) is 4.98 Å². The van der Waals surface area contributed by atoms with E-state index in [0.29, 0.717) is 17.8 Å². The van der Waals surface area contributed by atoms with Crippen LogP contribution in [0, 0.1) is 18.8 Å². The summed E-state index contributed by atoms with van der Waals surface area (Å²) in [4.78, 5) is 14.1. The van der Waals surface area contributed by atoms with Gasteiger partial charge in [-0.25, -0.2) is 4.98 Å². The van der Waals surface area contributed by atoms with Gasteiger partial charge in [0.1, 0.15) is 10.6 Å². The van der Waals surface area contributed by atoms with E-state index in [1.54, 1.807) is 11.3 Å². The number of rotatable bonds is 6. The highest BCUT2D eigenvalue weighted by Gasteiger charge is 2.18. The molecule has 4 nitrogen and oxygen atoms in total. The lowest BCUT2D eigenvalue weighted by molar-refractivity contribution is 0.550. The van der Waals surface area contributed by atoms with E-state index < -0.39 is 0 Å². The third-order valence-corrected chi connectivity index (χ3v) is 4.13. The van der Waals surface area contributed by atoms with Gasteiger partial charge in [-0.05, 0) is 24.8 Å². The van der Waals surface area contributed by atoms with Gasteiger partial charge in [-0.15, -0.1) is 11.3 Å². The molecule has 0 spiro atoms. The monoisotopic (exact) mass is 306 g/mol. The zero-order chi connectivity index (χ0) is 15.6. The minimum atomic E-state index is 0.603. The Morgan fingerprint density at radius 1 is 1.14 bits per heavy atom. The summed E-state index contributed by atoms with van der Waals surface area (Å²) in [6, 6.07) is 2.21. The van der Waals surface area contributed by atoms with Crippen molar-refractivity contribution in [3.8, 4) is 0 Å². The Hall–Kier alpha value is -1.36. The zero-order valence-corrected chi connectivity index (χ0v) is 14.7. The topological polar surface area (TPSA) is 41.1 Å². The third-order valence-electron chi connectivity index (χ3n) is 3.19. The largest absolute Gasteiger partial charge is 0.357 e. The lowest BCUT2D eigenvalue weighted by atomic mass is 10.1. The van der Waals surface area contributed by atoms with Crippen molar-refractivity contribution in [3.63, 3.8) is 0 Å². The quantitative estimate of drug-likeness (QED) is 0.870. The second-order valence-electron chi connectivity index (χ2n) is 6.39. The molecule has 0 atom stereocenters. The van der Waals surface area contributed by atoms with Crippen molar-refractivity contribution < 1.29 is 0 Å². The molecule has 0 aliphatic heterocycles. The van der Waals surface area contributed by atoms with Crippen molar-refractivity contribution in [2.24, 2.45) is 11.8 Å². The van der Waals surface area contributed by atoms with Gasteiger partial charge in [-0.1, -0.05) is 27.7 Å². The molecule has 2 rings (SSSR count). The first kappa shape index (κ1) is 16.0. The summed E-state index contributed by atoms with van der Waals surface area (Å²) in [6.07, 6.45) is 0. The van der Waals surface area contributed by atoms with Crippen LogP contribution in [-0.2, 0) is 0 Å². The van der Waals surface area contributed by atoms with Crippen molar-refractivity contribution in [2.45, 2.75) is 34.6 Å². The number of aryl methyl sites for hydroxylation is 1. The highest BCUT2D eigenvalue weighted by molar-refractivity contribution is 7.18. The SMILES string of the molecule is CNc1nc(N(CC(C)C)CC(C)C)c2cc(C)sc2n1. The molecule has 0 amide bonds. The minimum Gasteiger partial charge on any atom is -0.357 e. The van der Waals surface area contributed by atoms with Gasteiger partial charge in [0.25, 0.3) is 0 Å². The summed E-state index contributed by atoms with van der Waals surface area (Å²) in [7, 11) is 1.88. The average Bonchev–Trinajstić information content (AvgIpc) is 2.75. The number of nitrogens with zero attached hydrogens (tertiary/aromatic N) is 3. The van der Waals surface area contributed by atoms with Crippen LogP contribution >= 0.6 is 11.3 Å². The average molecular weight is 306 g/mol. The Balaban J connectivity index is 2.53. The maximum Gasteiger partial charge on any atom is 0.225 e. The highest BCUT2D eigenvalue weighted by Crippen LogP contribution is 2.32. The van der Waals surface area contributed by atoms with E-state index in [0.717, 1.165) is 23.7 Å². The summed E-state index contributed by atoms with van der Waals surface area (Å²) < 4.78 is 0. The summed E-state index contributed by atoms with van der Waals surface area (Å²) in [5.74, 6) is 2.98. The molecule has 5 heteroatoms. The maximum absolute atomic E-state index is 4.75. The van der Waals surface area contributed by atoms with Crippen LogP contribution in [0.15, 0.2) is 6.07 Å². The van der Waals surface area contributed by atoms with Gasteiger partial charge in [0, 0.05) is 25.0 Å². The smallest absolute Gasteiger partial charge is 0.225 e. The number of nitrogens with one attached hydrogen (secondary N) is 1. The molecule has 0 aliphatic rings. The molecule has 0 saturated heterocycles. The molecule has 116 valence electrons. The van der Waals surface area contributed by atoms with Crippen LogP contribution in [-0.4, -0.2) is 30.1 Å². The number of aromatic nitrogens is 2. The first-order valence-electron chi connectivity index (χ1n) is 7.61. The van der Waals surface area contributed by atoms with Gasteiger partial charge in [-0.2, -0.15) is 4.98 Å². The molecule has 0 radical (unpaired) electrons. The van der Waals surface area contributed by atoms with Crippen molar-refractivity contribution in [1.29, 1.82) is 0 Å². The summed E-state index contributed by atoms with van der Waals surface area (Å²) >= 11 is 1.73. The molecule has 0 aromatic carbocycles. The first-order valence-corrected chi connectivity index (χ1v) is 8.43. The van der Waals surface area contributed by atoms with Gasteiger partial charge in [0.2, 0.25) is 5.95 Å². The van der Waals surface area contributed by atoms with Gasteiger partial charge in [-0.3, -0.25) is 0 Å². The number of hydrogen-bond donors (Lipinski definition) is 1. The Bertz CT molecular complexity index is 594. The Labute approximate surface area is 131 Å². The Morgan fingerprint density at radius 2 is 1.76 bits per heavy atom. The van der Waals surface area contributed by atoms with Gasteiger partial charge in [0.15, 0.2) is 0 Å². The number of hydrogen-bond acceptors (Lipinski definition) is 5. The molecular weight excluding hydrogens is 280 g/mol. The predicted octanol–water partition coefficient (Wildman–Crippen LogP) is 4.16. The molecule has 0 fully saturated rings. The van der Waals surface area contributed by atoms with Gasteiger partial charge < -0.3 is 10.2 Å². The van der Waals surface area contributed by atoms with Crippen LogP contribution in [0.25, 0.3) is 10.2 Å². The standard InChI is InChI=1S/C16H26N4S/c1-10(2)8-20(9-11(3)4)14-13-7-12(5)21-15(13)19-16(17-6)18-14/h7,10-11H,8-9H2,1-6H3,(H,17,18,19). The Morgan fingerprint density at radius 3 is 2.29 bits per heavy atom. The molecule has 2 aromatic heterocycles. The fourth-order valence-corrected chi connectivity index (χ4v) is 3.38. The highest BCUT2D eigenvalue weighted by atomic mass is 32.1. The molecule has 0 unspecified atom stereocenters. The molecule has 0 aliphatic carbocycles. The zero-order valence-electron chi connectivity index (χ0n) is 13.9. The number of thiophene rings is 1. The summed E-state index contributed by atoms with van der Waals surface area (Å²) in [6.45, 7) is 13.2. The van der Waals surface area contributed by atoms with Crippen molar-refractivity contribution in [1.82, 2.24) is 9.97 Å². The molecule has 21 heavy (non-hydrogen) atoms. The second-order valence-corrected chi connectivity index (χ2v) is 7.62. The molecular formula is C16H26N4S. The molecule has 2 heterocycles. The van der Waals surface area contributed by atoms with Crippen molar-refractivity contribution in [3.05, 3.63) is 10.9 Å². The van der Waals surface area contributed by atoms with Crippen LogP contribution in [0.2, 0.25) is 0 Å². The second kappa shape index (κ2) is 6.60. The number of fused-ring (bicyclic) bond motifs is 1. The number of anilines is 2. The van der Waals surface area contributed by atoms with E-state index in [1.165, 1.54) is 10.3 Å².